The number of aromatic nitrogens is 2. The van der Waals surface area contributed by atoms with Crippen molar-refractivity contribution in [2.24, 2.45) is 13.0 Å². The monoisotopic (exact) mass is 304 g/mol. The molecule has 0 aliphatic carbocycles. The van der Waals surface area contributed by atoms with Gasteiger partial charge in [0.1, 0.15) is 4.90 Å². The van der Waals surface area contributed by atoms with E-state index in [-0.39, 0.29) is 23.2 Å². The van der Waals surface area contributed by atoms with Crippen molar-refractivity contribution in [2.45, 2.75) is 38.0 Å². The molecule has 0 bridgehead atoms. The van der Waals surface area contributed by atoms with Gasteiger partial charge in [0.2, 0.25) is 10.0 Å². The van der Waals surface area contributed by atoms with Gasteiger partial charge in [0.05, 0.1) is 5.69 Å². The smallest absolute Gasteiger partial charge is 0.246 e. The lowest BCUT2D eigenvalue weighted by Gasteiger charge is -2.15. The molecule has 1 aromatic rings. The van der Waals surface area contributed by atoms with E-state index in [1.54, 1.807) is 14.0 Å². The summed E-state index contributed by atoms with van der Waals surface area (Å²) in [5.41, 5.74) is 6.16. The van der Waals surface area contributed by atoms with Crippen LogP contribution in [-0.2, 0) is 17.1 Å². The van der Waals surface area contributed by atoms with E-state index in [4.69, 9.17) is 10.8 Å². The molecule has 0 saturated heterocycles. The molecule has 0 aliphatic rings. The highest BCUT2D eigenvalue weighted by molar-refractivity contribution is 7.89. The Hall–Kier alpha value is -1.12. The zero-order valence-corrected chi connectivity index (χ0v) is 13.1. The lowest BCUT2D eigenvalue weighted by Crippen LogP contribution is -2.30. The highest BCUT2D eigenvalue weighted by Crippen LogP contribution is 2.21. The summed E-state index contributed by atoms with van der Waals surface area (Å²) in [5.74, 6) is 0.129. The first-order valence-corrected chi connectivity index (χ1v) is 8.21. The van der Waals surface area contributed by atoms with Crippen molar-refractivity contribution in [3.8, 4) is 0 Å². The second-order valence-corrected chi connectivity index (χ2v) is 6.65. The number of anilines is 1. The first kappa shape index (κ1) is 16.9. The van der Waals surface area contributed by atoms with Crippen molar-refractivity contribution in [3.63, 3.8) is 0 Å². The fourth-order valence-corrected chi connectivity index (χ4v) is 3.62. The molecule has 0 radical (unpaired) electrons. The largest absolute Gasteiger partial charge is 0.396 e. The van der Waals surface area contributed by atoms with Crippen molar-refractivity contribution in [3.05, 3.63) is 5.69 Å². The highest BCUT2D eigenvalue weighted by Gasteiger charge is 2.25. The molecule has 1 unspecified atom stereocenters. The molecule has 20 heavy (non-hydrogen) atoms. The molecule has 1 aromatic heterocycles. The van der Waals surface area contributed by atoms with E-state index in [0.29, 0.717) is 18.7 Å². The summed E-state index contributed by atoms with van der Waals surface area (Å²) in [7, 11) is -2.02. The lowest BCUT2D eigenvalue weighted by atomic mass is 10.0. The molecular formula is C12H24N4O3S. The SMILES string of the molecule is CCCC(CCO)CNS(=O)(=O)c1c(N)nn(C)c1C. The van der Waals surface area contributed by atoms with Crippen LogP contribution in [-0.4, -0.2) is 36.5 Å². The molecule has 116 valence electrons. The molecule has 1 rings (SSSR count). The minimum absolute atomic E-state index is 0.00620. The summed E-state index contributed by atoms with van der Waals surface area (Å²) >= 11 is 0. The van der Waals surface area contributed by atoms with Crippen LogP contribution in [0.2, 0.25) is 0 Å². The summed E-state index contributed by atoms with van der Waals surface area (Å²) in [6, 6.07) is 0. The van der Waals surface area contributed by atoms with E-state index in [0.717, 1.165) is 12.8 Å². The maximum atomic E-state index is 12.3. The van der Waals surface area contributed by atoms with Gasteiger partial charge in [-0.3, -0.25) is 4.68 Å². The van der Waals surface area contributed by atoms with Gasteiger partial charge in [0, 0.05) is 20.2 Å². The van der Waals surface area contributed by atoms with Gasteiger partial charge >= 0.3 is 0 Å². The van der Waals surface area contributed by atoms with E-state index < -0.39 is 10.0 Å². The van der Waals surface area contributed by atoms with E-state index in [1.807, 2.05) is 6.92 Å². The van der Waals surface area contributed by atoms with Gasteiger partial charge in [0.25, 0.3) is 0 Å². The molecule has 7 nitrogen and oxygen atoms in total. The van der Waals surface area contributed by atoms with Crippen LogP contribution in [0.3, 0.4) is 0 Å². The van der Waals surface area contributed by atoms with Crippen molar-refractivity contribution in [2.75, 3.05) is 18.9 Å². The molecule has 8 heteroatoms. The third-order valence-electron chi connectivity index (χ3n) is 3.37. The first-order chi connectivity index (χ1) is 9.33. The van der Waals surface area contributed by atoms with Crippen LogP contribution in [0.25, 0.3) is 0 Å². The van der Waals surface area contributed by atoms with E-state index >= 15 is 0 Å². The number of nitrogens with zero attached hydrogens (tertiary/aromatic N) is 2. The molecule has 0 aliphatic heterocycles. The third-order valence-corrected chi connectivity index (χ3v) is 4.96. The number of nitrogen functional groups attached to an aromatic ring is 1. The maximum absolute atomic E-state index is 12.3. The van der Waals surface area contributed by atoms with Gasteiger partial charge in [-0.15, -0.1) is 0 Å². The van der Waals surface area contributed by atoms with Crippen molar-refractivity contribution < 1.29 is 13.5 Å². The summed E-state index contributed by atoms with van der Waals surface area (Å²) in [6.07, 6.45) is 2.39. The predicted molar refractivity (Wildman–Crippen MR) is 77.6 cm³/mol. The number of nitrogens with one attached hydrogen (secondary N) is 1. The average molecular weight is 304 g/mol. The Balaban J connectivity index is 2.84. The third kappa shape index (κ3) is 3.94. The minimum Gasteiger partial charge on any atom is -0.396 e. The first-order valence-electron chi connectivity index (χ1n) is 6.73. The lowest BCUT2D eigenvalue weighted by molar-refractivity contribution is 0.251. The van der Waals surface area contributed by atoms with Gasteiger partial charge in [0.15, 0.2) is 5.82 Å². The number of aryl methyl sites for hydroxylation is 1. The van der Waals surface area contributed by atoms with Crippen LogP contribution in [0.4, 0.5) is 5.82 Å². The van der Waals surface area contributed by atoms with Gasteiger partial charge in [-0.25, -0.2) is 13.1 Å². The van der Waals surface area contributed by atoms with Crippen LogP contribution >= 0.6 is 0 Å². The van der Waals surface area contributed by atoms with Crippen LogP contribution in [0.1, 0.15) is 31.9 Å². The fraction of sp³-hybridized carbons (Fsp3) is 0.750. The summed E-state index contributed by atoms with van der Waals surface area (Å²) in [4.78, 5) is 0.0410. The number of rotatable bonds is 8. The Kier molecular flexibility index (Phi) is 5.97. The quantitative estimate of drug-likeness (QED) is 0.643. The van der Waals surface area contributed by atoms with E-state index in [1.165, 1.54) is 4.68 Å². The number of hydrogen-bond donors (Lipinski definition) is 3. The predicted octanol–water partition coefficient (Wildman–Crippen LogP) is 0.388. The van der Waals surface area contributed by atoms with Gasteiger partial charge in [-0.05, 0) is 25.7 Å². The number of sulfonamides is 1. The Morgan fingerprint density at radius 1 is 1.45 bits per heavy atom. The van der Waals surface area contributed by atoms with E-state index in [2.05, 4.69) is 9.82 Å². The summed E-state index contributed by atoms with van der Waals surface area (Å²) < 4.78 is 28.6. The molecule has 0 amide bonds. The van der Waals surface area contributed by atoms with Gasteiger partial charge in [-0.1, -0.05) is 13.3 Å². The van der Waals surface area contributed by atoms with Crippen molar-refractivity contribution in [1.29, 1.82) is 0 Å². The van der Waals surface area contributed by atoms with E-state index in [9.17, 15) is 8.42 Å². The topological polar surface area (TPSA) is 110 Å². The molecule has 0 saturated carbocycles. The summed E-state index contributed by atoms with van der Waals surface area (Å²) in [6.45, 7) is 4.04. The van der Waals surface area contributed by atoms with Crippen LogP contribution in [0.15, 0.2) is 4.90 Å². The van der Waals surface area contributed by atoms with Crippen molar-refractivity contribution in [1.82, 2.24) is 14.5 Å². The normalized spacial score (nSPS) is 13.6. The second-order valence-electron chi connectivity index (χ2n) is 4.94. The van der Waals surface area contributed by atoms with Crippen molar-refractivity contribution >= 4 is 15.8 Å². The highest BCUT2D eigenvalue weighted by atomic mass is 32.2. The molecule has 0 aromatic carbocycles. The van der Waals surface area contributed by atoms with Crippen LogP contribution < -0.4 is 10.5 Å². The fourth-order valence-electron chi connectivity index (χ4n) is 2.19. The average Bonchev–Trinajstić information content (AvgIpc) is 2.61. The Labute approximate surface area is 120 Å². The summed E-state index contributed by atoms with van der Waals surface area (Å²) in [5, 5.41) is 12.9. The standard InChI is InChI=1S/C12H24N4O3S/c1-4-5-10(6-7-17)8-14-20(18,19)11-9(2)16(3)15-12(11)13/h10,14,17H,4-8H2,1-3H3,(H2,13,15). The molecular weight excluding hydrogens is 280 g/mol. The number of hydrogen-bond acceptors (Lipinski definition) is 5. The molecule has 0 spiro atoms. The maximum Gasteiger partial charge on any atom is 0.246 e. The second kappa shape index (κ2) is 7.05. The Morgan fingerprint density at radius 2 is 2.10 bits per heavy atom. The zero-order chi connectivity index (χ0) is 15.3. The van der Waals surface area contributed by atoms with Crippen LogP contribution in [0.5, 0.6) is 0 Å². The van der Waals surface area contributed by atoms with Crippen LogP contribution in [0, 0.1) is 12.8 Å². The molecule has 1 atom stereocenters. The molecule has 1 heterocycles. The molecule has 4 N–H and O–H groups in total. The van der Waals surface area contributed by atoms with Gasteiger partial charge < -0.3 is 10.8 Å². The Morgan fingerprint density at radius 3 is 2.55 bits per heavy atom. The Bertz CT molecular complexity index is 533. The van der Waals surface area contributed by atoms with Gasteiger partial charge in [-0.2, -0.15) is 5.10 Å². The molecule has 0 fully saturated rings. The number of aliphatic hydroxyl groups is 1. The number of nitrogens with two attached hydrogens (primary N) is 1. The minimum atomic E-state index is -3.67. The zero-order valence-electron chi connectivity index (χ0n) is 12.3. The number of aliphatic hydroxyl groups excluding tert-OH is 1.